The van der Waals surface area contributed by atoms with Crippen LogP contribution in [0.1, 0.15) is 50.0 Å². The molecule has 6 nitrogen and oxygen atoms in total. The Morgan fingerprint density at radius 3 is 2.28 bits per heavy atom. The fraction of sp³-hybridized carbons (Fsp3) is 0.391. The van der Waals surface area contributed by atoms with Crippen molar-refractivity contribution in [1.29, 1.82) is 0 Å². The van der Waals surface area contributed by atoms with Gasteiger partial charge in [0.25, 0.3) is 0 Å². The third-order valence-electron chi connectivity index (χ3n) is 5.29. The minimum atomic E-state index is 0.172. The number of hydrogen-bond acceptors (Lipinski definition) is 5. The Balaban J connectivity index is 2.36. The zero-order valence-corrected chi connectivity index (χ0v) is 17.9. The molecule has 0 aliphatic rings. The summed E-state index contributed by atoms with van der Waals surface area (Å²) in [5.41, 5.74) is 6.73. The molecule has 0 radical (unpaired) electrons. The second-order valence-corrected chi connectivity index (χ2v) is 8.69. The maximum atomic E-state index is 9.78. The highest BCUT2D eigenvalue weighted by atomic mass is 16.5. The first-order valence-corrected chi connectivity index (χ1v) is 9.75. The molecule has 3 aromatic rings. The highest BCUT2D eigenvalue weighted by Crippen LogP contribution is 2.43. The van der Waals surface area contributed by atoms with E-state index in [9.17, 15) is 10.3 Å². The van der Waals surface area contributed by atoms with Crippen LogP contribution in [0.5, 0.6) is 5.75 Å². The first-order chi connectivity index (χ1) is 13.6. The molecule has 29 heavy (non-hydrogen) atoms. The van der Waals surface area contributed by atoms with E-state index in [0.717, 1.165) is 52.2 Å². The van der Waals surface area contributed by atoms with Crippen LogP contribution in [0.3, 0.4) is 0 Å². The van der Waals surface area contributed by atoms with Crippen LogP contribution in [0, 0.1) is 19.3 Å². The molecule has 0 bridgehead atoms. The number of phenolic OH excluding ortho intramolecular Hbond substituents is 1. The number of nitrogens with zero attached hydrogens (tertiary/aromatic N) is 3. The normalized spacial score (nSPS) is 12.2. The van der Waals surface area contributed by atoms with E-state index in [1.165, 1.54) is 6.21 Å². The number of hydrogen-bond donors (Lipinski definition) is 2. The Kier molecular flexibility index (Phi) is 5.55. The van der Waals surface area contributed by atoms with Crippen LogP contribution in [0.4, 0.5) is 0 Å². The third-order valence-corrected chi connectivity index (χ3v) is 5.29. The highest BCUT2D eigenvalue weighted by Gasteiger charge is 2.27. The lowest BCUT2D eigenvalue weighted by Crippen LogP contribution is -2.09. The number of aromatic hydroxyl groups is 1. The Hall–Kier alpha value is -3.02. The van der Waals surface area contributed by atoms with Crippen LogP contribution < -0.4 is 0 Å². The number of phenols is 1. The Morgan fingerprint density at radius 2 is 1.76 bits per heavy atom. The zero-order valence-electron chi connectivity index (χ0n) is 17.9. The monoisotopic (exact) mass is 395 g/mol. The largest absolute Gasteiger partial charge is 0.508 e. The van der Waals surface area contributed by atoms with Gasteiger partial charge < -0.3 is 19.4 Å². The molecule has 0 saturated heterocycles. The predicted molar refractivity (Wildman–Crippen MR) is 115 cm³/mol. The first-order valence-electron chi connectivity index (χ1n) is 9.75. The summed E-state index contributed by atoms with van der Waals surface area (Å²) in [5, 5.41) is 26.6. The van der Waals surface area contributed by atoms with Gasteiger partial charge in [-0.15, -0.1) is 0 Å². The van der Waals surface area contributed by atoms with Crippen molar-refractivity contribution in [2.75, 3.05) is 0 Å². The van der Waals surface area contributed by atoms with Gasteiger partial charge in [0, 0.05) is 23.9 Å². The Labute approximate surface area is 171 Å². The Bertz CT molecular complexity index is 1020. The van der Waals surface area contributed by atoms with Crippen LogP contribution in [-0.4, -0.2) is 26.3 Å². The van der Waals surface area contributed by atoms with Gasteiger partial charge in [0.05, 0.1) is 23.2 Å². The fourth-order valence-electron chi connectivity index (χ4n) is 3.78. The lowest BCUT2D eigenvalue weighted by atomic mass is 9.87. The topological polar surface area (TPSA) is 83.8 Å². The second kappa shape index (κ2) is 7.78. The standard InChI is InChI=1S/C23H29N3O3/c1-14-20(15(2)29-25-14)22-19(13-24-28)26(6)18(11-12-23(3,4)5)21(22)16-7-9-17(27)10-8-16/h7-10,13,27-28H,11-12H2,1-6H3/b24-13+. The average Bonchev–Trinajstić information content (AvgIpc) is 3.10. The van der Waals surface area contributed by atoms with E-state index in [1.54, 1.807) is 12.1 Å². The lowest BCUT2D eigenvalue weighted by molar-refractivity contribution is 0.321. The molecular formula is C23H29N3O3. The number of rotatable bonds is 5. The molecule has 0 aliphatic carbocycles. The molecule has 2 N–H and O–H groups in total. The van der Waals surface area contributed by atoms with E-state index >= 15 is 0 Å². The smallest absolute Gasteiger partial charge is 0.141 e. The van der Waals surface area contributed by atoms with E-state index in [-0.39, 0.29) is 11.2 Å². The summed E-state index contributed by atoms with van der Waals surface area (Å²) in [6.07, 6.45) is 3.31. The van der Waals surface area contributed by atoms with E-state index < -0.39 is 0 Å². The van der Waals surface area contributed by atoms with Crippen molar-refractivity contribution in [2.45, 2.75) is 47.5 Å². The van der Waals surface area contributed by atoms with E-state index in [2.05, 4.69) is 35.7 Å². The molecule has 0 saturated carbocycles. The van der Waals surface area contributed by atoms with Crippen LogP contribution >= 0.6 is 0 Å². The molecule has 154 valence electrons. The van der Waals surface area contributed by atoms with Crippen LogP contribution in [0.25, 0.3) is 22.3 Å². The molecule has 0 spiro atoms. The minimum absolute atomic E-state index is 0.172. The number of aromatic nitrogens is 2. The van der Waals surface area contributed by atoms with Crippen molar-refractivity contribution < 1.29 is 14.8 Å². The number of oxime groups is 1. The SMILES string of the molecule is Cc1noc(C)c1-c1c(-c2ccc(O)cc2)c(CCC(C)(C)C)n(C)c1/C=N/O. The van der Waals surface area contributed by atoms with Crippen molar-refractivity contribution in [3.63, 3.8) is 0 Å². The van der Waals surface area contributed by atoms with Crippen molar-refractivity contribution in [1.82, 2.24) is 9.72 Å². The predicted octanol–water partition coefficient (Wildman–Crippen LogP) is 5.46. The van der Waals surface area contributed by atoms with Crippen LogP contribution in [0.15, 0.2) is 33.9 Å². The molecule has 0 amide bonds. The number of aryl methyl sites for hydroxylation is 2. The molecule has 1 aromatic carbocycles. The summed E-state index contributed by atoms with van der Waals surface area (Å²) in [5.74, 6) is 0.931. The average molecular weight is 396 g/mol. The van der Waals surface area contributed by atoms with Gasteiger partial charge in [0.15, 0.2) is 0 Å². The molecule has 0 atom stereocenters. The van der Waals surface area contributed by atoms with Gasteiger partial charge in [0.2, 0.25) is 0 Å². The fourth-order valence-corrected chi connectivity index (χ4v) is 3.78. The van der Waals surface area contributed by atoms with E-state index in [0.29, 0.717) is 5.76 Å². The van der Waals surface area contributed by atoms with Gasteiger partial charge in [0.1, 0.15) is 11.5 Å². The van der Waals surface area contributed by atoms with Crippen molar-refractivity contribution in [3.05, 3.63) is 47.1 Å². The van der Waals surface area contributed by atoms with Gasteiger partial charge in [-0.25, -0.2) is 0 Å². The van der Waals surface area contributed by atoms with Gasteiger partial charge in [-0.1, -0.05) is 43.2 Å². The molecule has 2 aromatic heterocycles. The van der Waals surface area contributed by atoms with E-state index in [1.807, 2.05) is 33.0 Å². The highest BCUT2D eigenvalue weighted by molar-refractivity contribution is 5.99. The zero-order chi connectivity index (χ0) is 21.3. The minimum Gasteiger partial charge on any atom is -0.508 e. The molecule has 0 unspecified atom stereocenters. The summed E-state index contributed by atoms with van der Waals surface area (Å²) in [6.45, 7) is 10.5. The maximum absolute atomic E-state index is 9.78. The molecule has 0 fully saturated rings. The molecule has 3 rings (SSSR count). The quantitative estimate of drug-likeness (QED) is 0.341. The van der Waals surface area contributed by atoms with Crippen molar-refractivity contribution in [3.8, 4) is 28.0 Å². The van der Waals surface area contributed by atoms with Crippen LogP contribution in [-0.2, 0) is 13.5 Å². The van der Waals surface area contributed by atoms with E-state index in [4.69, 9.17) is 4.52 Å². The van der Waals surface area contributed by atoms with Gasteiger partial charge in [-0.3, -0.25) is 0 Å². The van der Waals surface area contributed by atoms with Crippen molar-refractivity contribution in [2.24, 2.45) is 17.6 Å². The molecular weight excluding hydrogens is 366 g/mol. The summed E-state index contributed by atoms with van der Waals surface area (Å²) in [6, 6.07) is 7.19. The molecule has 6 heteroatoms. The Morgan fingerprint density at radius 1 is 1.10 bits per heavy atom. The second-order valence-electron chi connectivity index (χ2n) is 8.69. The maximum Gasteiger partial charge on any atom is 0.141 e. The molecule has 2 heterocycles. The lowest BCUT2D eigenvalue weighted by Gasteiger charge is -2.19. The molecule has 0 aliphatic heterocycles. The summed E-state index contributed by atoms with van der Waals surface area (Å²) < 4.78 is 7.53. The summed E-state index contributed by atoms with van der Waals surface area (Å²) in [4.78, 5) is 0. The summed E-state index contributed by atoms with van der Waals surface area (Å²) >= 11 is 0. The van der Waals surface area contributed by atoms with Crippen LogP contribution in [0.2, 0.25) is 0 Å². The van der Waals surface area contributed by atoms with Gasteiger partial charge in [-0.2, -0.15) is 0 Å². The third kappa shape index (κ3) is 4.06. The van der Waals surface area contributed by atoms with Gasteiger partial charge in [-0.05, 0) is 49.8 Å². The number of benzene rings is 1. The van der Waals surface area contributed by atoms with Gasteiger partial charge >= 0.3 is 0 Å². The summed E-state index contributed by atoms with van der Waals surface area (Å²) in [7, 11) is 1.99. The first kappa shape index (κ1) is 20.7. The van der Waals surface area contributed by atoms with Crippen molar-refractivity contribution >= 4 is 6.21 Å².